The van der Waals surface area contributed by atoms with Gasteiger partial charge in [-0.3, -0.25) is 4.79 Å². The first-order valence-electron chi connectivity index (χ1n) is 6.14. The summed E-state index contributed by atoms with van der Waals surface area (Å²) < 4.78 is 5.50. The first-order chi connectivity index (χ1) is 7.61. The average molecular weight is 225 g/mol. The number of ether oxygens (including phenoxy) is 1. The number of carbonyl (C=O) groups is 2. The van der Waals surface area contributed by atoms with E-state index in [1.54, 1.807) is 0 Å². The number of nitrogens with zero attached hydrogens (tertiary/aromatic N) is 1. The van der Waals surface area contributed by atoms with E-state index in [4.69, 9.17) is 4.74 Å². The van der Waals surface area contributed by atoms with Crippen LogP contribution in [0.5, 0.6) is 0 Å². The van der Waals surface area contributed by atoms with Crippen molar-refractivity contribution >= 4 is 12.0 Å². The summed E-state index contributed by atoms with van der Waals surface area (Å²) >= 11 is 0. The quantitative estimate of drug-likeness (QED) is 0.688. The van der Waals surface area contributed by atoms with Gasteiger partial charge in [-0.15, -0.1) is 0 Å². The van der Waals surface area contributed by atoms with Crippen LogP contribution >= 0.6 is 0 Å². The van der Waals surface area contributed by atoms with Gasteiger partial charge in [-0.25, -0.2) is 9.69 Å². The molecule has 0 unspecified atom stereocenters. The van der Waals surface area contributed by atoms with Crippen LogP contribution in [0.25, 0.3) is 0 Å². The van der Waals surface area contributed by atoms with Crippen LogP contribution in [-0.4, -0.2) is 29.0 Å². The highest BCUT2D eigenvalue weighted by Crippen LogP contribution is 2.32. The van der Waals surface area contributed by atoms with E-state index in [-0.39, 0.29) is 11.5 Å². The monoisotopic (exact) mass is 225 g/mol. The van der Waals surface area contributed by atoms with E-state index in [1.807, 2.05) is 6.92 Å². The topological polar surface area (TPSA) is 46.6 Å². The van der Waals surface area contributed by atoms with E-state index < -0.39 is 6.09 Å². The summed E-state index contributed by atoms with van der Waals surface area (Å²) in [5.41, 5.74) is -0.349. The van der Waals surface area contributed by atoms with Crippen LogP contribution < -0.4 is 0 Å². The summed E-state index contributed by atoms with van der Waals surface area (Å²) in [5, 5.41) is 0. The van der Waals surface area contributed by atoms with Crippen molar-refractivity contribution in [1.29, 1.82) is 0 Å². The Balaban J connectivity index is 1.93. The normalized spacial score (nSPS) is 24.6. The highest BCUT2D eigenvalue weighted by molar-refractivity contribution is 5.93. The van der Waals surface area contributed by atoms with E-state index in [1.165, 1.54) is 11.3 Å². The van der Waals surface area contributed by atoms with E-state index in [9.17, 15) is 9.59 Å². The summed E-state index contributed by atoms with van der Waals surface area (Å²) in [6.45, 7) is 2.50. The van der Waals surface area contributed by atoms with Crippen molar-refractivity contribution < 1.29 is 14.3 Å². The molecule has 0 aromatic carbocycles. The molecule has 0 bridgehead atoms. The van der Waals surface area contributed by atoms with Gasteiger partial charge >= 0.3 is 6.09 Å². The van der Waals surface area contributed by atoms with Crippen LogP contribution in [0.1, 0.15) is 51.9 Å². The van der Waals surface area contributed by atoms with Crippen LogP contribution in [0.15, 0.2) is 0 Å². The number of likely N-dealkylation sites (tertiary alicyclic amines) is 1. The van der Waals surface area contributed by atoms with Gasteiger partial charge < -0.3 is 4.74 Å². The predicted octanol–water partition coefficient (Wildman–Crippen LogP) is 2.47. The molecule has 4 heteroatoms. The van der Waals surface area contributed by atoms with Gasteiger partial charge in [-0.05, 0) is 39.0 Å². The van der Waals surface area contributed by atoms with E-state index >= 15 is 0 Å². The minimum atomic E-state index is -0.438. The number of rotatable bonds is 1. The molecule has 2 fully saturated rings. The summed E-state index contributed by atoms with van der Waals surface area (Å²) in [6, 6.07) is 0. The molecule has 1 saturated carbocycles. The Hall–Kier alpha value is -1.06. The fourth-order valence-electron chi connectivity index (χ4n) is 2.51. The molecular formula is C12H19NO3. The van der Waals surface area contributed by atoms with Crippen molar-refractivity contribution in [3.05, 3.63) is 0 Å². The summed E-state index contributed by atoms with van der Waals surface area (Å²) in [6.07, 6.45) is 6.08. The zero-order valence-corrected chi connectivity index (χ0v) is 9.83. The maximum absolute atomic E-state index is 11.8. The number of hydrogen-bond donors (Lipinski definition) is 0. The molecule has 2 rings (SSSR count). The number of amides is 2. The molecule has 0 aromatic rings. The maximum atomic E-state index is 11.8. The van der Waals surface area contributed by atoms with Crippen LogP contribution in [-0.2, 0) is 9.53 Å². The van der Waals surface area contributed by atoms with Crippen molar-refractivity contribution in [3.63, 3.8) is 0 Å². The molecule has 0 radical (unpaired) electrons. The van der Waals surface area contributed by atoms with Crippen LogP contribution in [0, 0.1) is 0 Å². The number of carbonyl (C=O) groups excluding carboxylic acids is 2. The molecule has 1 saturated heterocycles. The molecule has 1 heterocycles. The van der Waals surface area contributed by atoms with E-state index in [0.717, 1.165) is 32.1 Å². The zero-order valence-electron chi connectivity index (χ0n) is 9.83. The Kier molecular flexibility index (Phi) is 3.17. The molecule has 2 amide bonds. The van der Waals surface area contributed by atoms with Gasteiger partial charge in [0, 0.05) is 13.0 Å². The Bertz CT molecular complexity index is 295. The molecule has 1 aliphatic carbocycles. The highest BCUT2D eigenvalue weighted by atomic mass is 16.6. The Morgan fingerprint density at radius 2 is 1.94 bits per heavy atom. The second kappa shape index (κ2) is 4.44. The van der Waals surface area contributed by atoms with Crippen molar-refractivity contribution in [2.24, 2.45) is 0 Å². The molecule has 0 N–H and O–H groups in total. The molecule has 0 spiro atoms. The SMILES string of the molecule is CC1(OC(=O)N2CCCC2=O)CCCCC1. The average Bonchev–Trinajstić information content (AvgIpc) is 2.65. The molecule has 0 atom stereocenters. The third-order valence-electron chi connectivity index (χ3n) is 3.54. The van der Waals surface area contributed by atoms with Gasteiger partial charge in [0.2, 0.25) is 5.91 Å². The fraction of sp³-hybridized carbons (Fsp3) is 0.833. The third kappa shape index (κ3) is 2.36. The van der Waals surface area contributed by atoms with E-state index in [0.29, 0.717) is 13.0 Å². The summed E-state index contributed by atoms with van der Waals surface area (Å²) in [5.74, 6) is -0.0931. The van der Waals surface area contributed by atoms with E-state index in [2.05, 4.69) is 0 Å². The highest BCUT2D eigenvalue weighted by Gasteiger charge is 2.35. The van der Waals surface area contributed by atoms with Gasteiger partial charge in [0.05, 0.1) is 0 Å². The lowest BCUT2D eigenvalue weighted by molar-refractivity contribution is -0.127. The van der Waals surface area contributed by atoms with Crippen molar-refractivity contribution in [2.45, 2.75) is 57.5 Å². The predicted molar refractivity (Wildman–Crippen MR) is 58.9 cm³/mol. The Morgan fingerprint density at radius 1 is 1.25 bits per heavy atom. The van der Waals surface area contributed by atoms with Crippen LogP contribution in [0.3, 0.4) is 0 Å². The fourth-order valence-corrected chi connectivity index (χ4v) is 2.51. The van der Waals surface area contributed by atoms with Gasteiger partial charge in [0.1, 0.15) is 5.60 Å². The second-order valence-electron chi connectivity index (χ2n) is 5.03. The molecular weight excluding hydrogens is 206 g/mol. The second-order valence-corrected chi connectivity index (χ2v) is 5.03. The van der Waals surface area contributed by atoms with Gasteiger partial charge in [-0.2, -0.15) is 0 Å². The summed E-state index contributed by atoms with van der Waals surface area (Å²) in [7, 11) is 0. The number of hydrogen-bond acceptors (Lipinski definition) is 3. The largest absolute Gasteiger partial charge is 0.443 e. The molecule has 16 heavy (non-hydrogen) atoms. The van der Waals surface area contributed by atoms with Crippen LogP contribution in [0.4, 0.5) is 4.79 Å². The molecule has 2 aliphatic rings. The maximum Gasteiger partial charge on any atom is 0.417 e. The first-order valence-corrected chi connectivity index (χ1v) is 6.14. The van der Waals surface area contributed by atoms with Crippen LogP contribution in [0.2, 0.25) is 0 Å². The smallest absolute Gasteiger partial charge is 0.417 e. The minimum Gasteiger partial charge on any atom is -0.443 e. The van der Waals surface area contributed by atoms with Crippen molar-refractivity contribution in [1.82, 2.24) is 4.90 Å². The van der Waals surface area contributed by atoms with Gasteiger partial charge in [0.15, 0.2) is 0 Å². The molecule has 90 valence electrons. The third-order valence-corrected chi connectivity index (χ3v) is 3.54. The van der Waals surface area contributed by atoms with Gasteiger partial charge in [0.25, 0.3) is 0 Å². The number of imide groups is 1. The molecule has 1 aliphatic heterocycles. The molecule has 4 nitrogen and oxygen atoms in total. The van der Waals surface area contributed by atoms with Crippen molar-refractivity contribution in [2.75, 3.05) is 6.54 Å². The Morgan fingerprint density at radius 3 is 2.50 bits per heavy atom. The Labute approximate surface area is 95.9 Å². The lowest BCUT2D eigenvalue weighted by Crippen LogP contribution is -2.41. The van der Waals surface area contributed by atoms with Crippen molar-refractivity contribution in [3.8, 4) is 0 Å². The standard InChI is InChI=1S/C12H19NO3/c1-12(7-3-2-4-8-12)16-11(15)13-9-5-6-10(13)14/h2-9H2,1H3. The minimum absolute atomic E-state index is 0.0931. The summed E-state index contributed by atoms with van der Waals surface area (Å²) in [4.78, 5) is 24.4. The lowest BCUT2D eigenvalue weighted by Gasteiger charge is -2.34. The van der Waals surface area contributed by atoms with Gasteiger partial charge in [-0.1, -0.05) is 6.42 Å². The first kappa shape index (κ1) is 11.4. The molecule has 0 aromatic heterocycles. The zero-order chi connectivity index (χ0) is 11.6. The lowest BCUT2D eigenvalue weighted by atomic mass is 9.86.